The van der Waals surface area contributed by atoms with Crippen LogP contribution in [0.25, 0.3) is 22.5 Å². The van der Waals surface area contributed by atoms with E-state index in [0.29, 0.717) is 5.69 Å². The quantitative estimate of drug-likeness (QED) is 0.715. The minimum Gasteiger partial charge on any atom is -0.493 e. The van der Waals surface area contributed by atoms with Crippen LogP contribution in [-0.2, 0) is 0 Å². The van der Waals surface area contributed by atoms with Crippen LogP contribution < -0.4 is 4.74 Å². The monoisotopic (exact) mass is 318 g/mol. The Balaban J connectivity index is 2.03. The van der Waals surface area contributed by atoms with E-state index in [-0.39, 0.29) is 11.3 Å². The molecule has 0 aliphatic carbocycles. The van der Waals surface area contributed by atoms with Crippen LogP contribution in [0.3, 0.4) is 0 Å². The molecular weight excluding hydrogens is 306 g/mol. The molecule has 0 fully saturated rings. The van der Waals surface area contributed by atoms with E-state index in [1.807, 2.05) is 18.4 Å². The van der Waals surface area contributed by atoms with Crippen LogP contribution in [-0.4, -0.2) is 17.1 Å². The van der Waals surface area contributed by atoms with Crippen molar-refractivity contribution in [1.82, 2.24) is 9.97 Å². The summed E-state index contributed by atoms with van der Waals surface area (Å²) < 4.78 is 32.2. The maximum Gasteiger partial charge on any atom is 0.168 e. The SMILES string of the molecule is COc1c(F)cc(F)cc1-c1ccc(-c2csc(C)n2)cn1. The smallest absolute Gasteiger partial charge is 0.168 e. The highest BCUT2D eigenvalue weighted by Crippen LogP contribution is 2.33. The summed E-state index contributed by atoms with van der Waals surface area (Å²) >= 11 is 1.55. The number of hydrogen-bond acceptors (Lipinski definition) is 4. The Bertz CT molecular complexity index is 816. The Hall–Kier alpha value is -2.34. The number of methoxy groups -OCH3 is 1. The lowest BCUT2D eigenvalue weighted by molar-refractivity contribution is 0.386. The van der Waals surface area contributed by atoms with Gasteiger partial charge in [0.1, 0.15) is 5.82 Å². The van der Waals surface area contributed by atoms with Crippen molar-refractivity contribution in [2.75, 3.05) is 7.11 Å². The van der Waals surface area contributed by atoms with Gasteiger partial charge in [-0.2, -0.15) is 0 Å². The molecule has 0 unspecified atom stereocenters. The molecule has 0 spiro atoms. The van der Waals surface area contributed by atoms with Crippen molar-refractivity contribution in [1.29, 1.82) is 0 Å². The van der Waals surface area contributed by atoms with Crippen molar-refractivity contribution < 1.29 is 13.5 Å². The molecule has 3 aromatic rings. The third kappa shape index (κ3) is 2.69. The average molecular weight is 318 g/mol. The van der Waals surface area contributed by atoms with Gasteiger partial charge in [-0.05, 0) is 25.1 Å². The van der Waals surface area contributed by atoms with Gasteiger partial charge in [0.2, 0.25) is 0 Å². The van der Waals surface area contributed by atoms with E-state index in [0.717, 1.165) is 22.3 Å². The van der Waals surface area contributed by atoms with Gasteiger partial charge in [-0.25, -0.2) is 13.8 Å². The Morgan fingerprint density at radius 2 is 1.95 bits per heavy atom. The predicted octanol–water partition coefficient (Wildman–Crippen LogP) is 4.47. The number of benzene rings is 1. The van der Waals surface area contributed by atoms with Gasteiger partial charge in [0.25, 0.3) is 0 Å². The third-order valence-electron chi connectivity index (χ3n) is 3.17. The number of hydrogen-bond donors (Lipinski definition) is 0. The van der Waals surface area contributed by atoms with Gasteiger partial charge >= 0.3 is 0 Å². The van der Waals surface area contributed by atoms with Gasteiger partial charge in [-0.15, -0.1) is 11.3 Å². The molecule has 3 rings (SSSR count). The molecule has 22 heavy (non-hydrogen) atoms. The van der Waals surface area contributed by atoms with Crippen molar-refractivity contribution in [3.63, 3.8) is 0 Å². The maximum atomic E-state index is 13.7. The molecule has 0 atom stereocenters. The van der Waals surface area contributed by atoms with Crippen molar-refractivity contribution >= 4 is 11.3 Å². The highest BCUT2D eigenvalue weighted by atomic mass is 32.1. The summed E-state index contributed by atoms with van der Waals surface area (Å²) in [6, 6.07) is 5.51. The number of halogens is 2. The van der Waals surface area contributed by atoms with E-state index in [2.05, 4.69) is 9.97 Å². The minimum absolute atomic E-state index is 0.0221. The van der Waals surface area contributed by atoms with Crippen LogP contribution in [0.5, 0.6) is 5.75 Å². The molecule has 6 heteroatoms. The molecule has 0 saturated heterocycles. The third-order valence-corrected chi connectivity index (χ3v) is 3.94. The van der Waals surface area contributed by atoms with E-state index in [4.69, 9.17) is 4.74 Å². The number of pyridine rings is 1. The molecule has 0 amide bonds. The summed E-state index contributed by atoms with van der Waals surface area (Å²) in [6.07, 6.45) is 1.63. The van der Waals surface area contributed by atoms with Gasteiger partial charge in [-0.1, -0.05) is 0 Å². The number of nitrogens with zero attached hydrogens (tertiary/aromatic N) is 2. The standard InChI is InChI=1S/C16H12F2N2OS/c1-9-20-15(8-22-9)10-3-4-14(19-7-10)12-5-11(17)6-13(18)16(12)21-2/h3-8H,1-2H3. The van der Waals surface area contributed by atoms with Crippen molar-refractivity contribution in [3.05, 3.63) is 52.5 Å². The zero-order valence-corrected chi connectivity index (χ0v) is 12.7. The molecule has 2 aromatic heterocycles. The van der Waals surface area contributed by atoms with Crippen molar-refractivity contribution in [2.45, 2.75) is 6.92 Å². The second-order valence-electron chi connectivity index (χ2n) is 4.65. The van der Waals surface area contributed by atoms with Gasteiger partial charge in [0, 0.05) is 28.8 Å². The number of rotatable bonds is 3. The summed E-state index contributed by atoms with van der Waals surface area (Å²) in [5.41, 5.74) is 2.40. The van der Waals surface area contributed by atoms with Crippen LogP contribution in [0.2, 0.25) is 0 Å². The molecule has 112 valence electrons. The van der Waals surface area contributed by atoms with Gasteiger partial charge in [0.05, 0.1) is 23.5 Å². The van der Waals surface area contributed by atoms with Crippen molar-refractivity contribution in [2.24, 2.45) is 0 Å². The number of aromatic nitrogens is 2. The van der Waals surface area contributed by atoms with Crippen molar-refractivity contribution in [3.8, 4) is 28.3 Å². The van der Waals surface area contributed by atoms with Crippen LogP contribution in [0.4, 0.5) is 8.78 Å². The molecule has 2 heterocycles. The Morgan fingerprint density at radius 3 is 2.55 bits per heavy atom. The highest BCUT2D eigenvalue weighted by Gasteiger charge is 2.15. The van der Waals surface area contributed by atoms with Crippen LogP contribution in [0.1, 0.15) is 5.01 Å². The van der Waals surface area contributed by atoms with Crippen LogP contribution >= 0.6 is 11.3 Å². The first-order valence-corrected chi connectivity index (χ1v) is 7.38. The fourth-order valence-electron chi connectivity index (χ4n) is 2.16. The Morgan fingerprint density at radius 1 is 1.14 bits per heavy atom. The molecule has 3 nitrogen and oxygen atoms in total. The normalized spacial score (nSPS) is 10.7. The van der Waals surface area contributed by atoms with E-state index in [1.54, 1.807) is 23.6 Å². The molecular formula is C16H12F2N2OS. The molecule has 1 aromatic carbocycles. The summed E-state index contributed by atoms with van der Waals surface area (Å²) in [5.74, 6) is -1.45. The van der Waals surface area contributed by atoms with E-state index < -0.39 is 11.6 Å². The van der Waals surface area contributed by atoms with E-state index in [9.17, 15) is 8.78 Å². The van der Waals surface area contributed by atoms with Gasteiger partial charge < -0.3 is 4.74 Å². The lowest BCUT2D eigenvalue weighted by atomic mass is 10.1. The lowest BCUT2D eigenvalue weighted by Gasteiger charge is -2.09. The van der Waals surface area contributed by atoms with Gasteiger partial charge in [0.15, 0.2) is 11.6 Å². The molecule has 0 radical (unpaired) electrons. The van der Waals surface area contributed by atoms with Crippen LogP contribution in [0.15, 0.2) is 35.8 Å². The first kappa shape index (κ1) is 14.6. The molecule has 0 saturated carbocycles. The predicted molar refractivity (Wildman–Crippen MR) is 82.0 cm³/mol. The number of thiazole rings is 1. The van der Waals surface area contributed by atoms with Gasteiger partial charge in [-0.3, -0.25) is 4.98 Å². The zero-order valence-electron chi connectivity index (χ0n) is 11.9. The van der Waals surface area contributed by atoms with Crippen LogP contribution in [0, 0.1) is 18.6 Å². The molecule has 0 bridgehead atoms. The lowest BCUT2D eigenvalue weighted by Crippen LogP contribution is -1.95. The fraction of sp³-hybridized carbons (Fsp3) is 0.125. The molecule has 0 N–H and O–H groups in total. The highest BCUT2D eigenvalue weighted by molar-refractivity contribution is 7.09. The Kier molecular flexibility index (Phi) is 3.85. The largest absolute Gasteiger partial charge is 0.493 e. The minimum atomic E-state index is -0.751. The molecule has 0 aliphatic heterocycles. The summed E-state index contributed by atoms with van der Waals surface area (Å²) in [4.78, 5) is 8.66. The summed E-state index contributed by atoms with van der Waals surface area (Å²) in [5, 5.41) is 2.90. The van der Waals surface area contributed by atoms with E-state index >= 15 is 0 Å². The number of ether oxygens (including phenoxy) is 1. The average Bonchev–Trinajstić information content (AvgIpc) is 2.93. The maximum absolute atomic E-state index is 13.7. The zero-order chi connectivity index (χ0) is 15.7. The fourth-order valence-corrected chi connectivity index (χ4v) is 2.78. The summed E-state index contributed by atoms with van der Waals surface area (Å²) in [6.45, 7) is 1.93. The topological polar surface area (TPSA) is 35.0 Å². The second kappa shape index (κ2) is 5.81. The Labute approximate surface area is 130 Å². The summed E-state index contributed by atoms with van der Waals surface area (Å²) in [7, 11) is 1.34. The molecule has 0 aliphatic rings. The number of aryl methyl sites for hydroxylation is 1. The first-order chi connectivity index (χ1) is 10.6. The first-order valence-electron chi connectivity index (χ1n) is 6.50. The second-order valence-corrected chi connectivity index (χ2v) is 5.71. The van der Waals surface area contributed by atoms with E-state index in [1.165, 1.54) is 13.2 Å².